The van der Waals surface area contributed by atoms with Gasteiger partial charge in [-0.3, -0.25) is 4.79 Å². The number of rotatable bonds is 5. The molecule has 0 atom stereocenters. The maximum atomic E-state index is 13.8. The van der Waals surface area contributed by atoms with E-state index in [4.69, 9.17) is 4.74 Å². The molecule has 0 radical (unpaired) electrons. The van der Waals surface area contributed by atoms with E-state index in [1.807, 2.05) is 0 Å². The Morgan fingerprint density at radius 3 is 2.31 bits per heavy atom. The maximum Gasteiger partial charge on any atom is 0.343 e. The normalized spacial score (nSPS) is 9.65. The third-order valence-corrected chi connectivity index (χ3v) is 3.28. The standard InChI is InChI=1S/C20H14F2O4/c1-3-15(23)6-4-5-13-7-9-14(10-8-13)20(24)26-17-12-11-16(25-2)18(21)19(17)22/h3,7-12H,1,6H2,2H3. The summed E-state index contributed by atoms with van der Waals surface area (Å²) < 4.78 is 37.0. The molecule has 2 rings (SSSR count). The first-order valence-corrected chi connectivity index (χ1v) is 7.44. The second kappa shape index (κ2) is 8.58. The predicted octanol–water partition coefficient (Wildman–Crippen LogP) is 3.69. The highest BCUT2D eigenvalue weighted by molar-refractivity contribution is 5.91. The summed E-state index contributed by atoms with van der Waals surface area (Å²) in [6.45, 7) is 3.35. The van der Waals surface area contributed by atoms with E-state index in [1.165, 1.54) is 25.3 Å². The van der Waals surface area contributed by atoms with Crippen LogP contribution in [-0.2, 0) is 4.79 Å². The number of carbonyl (C=O) groups excluding carboxylic acids is 2. The lowest BCUT2D eigenvalue weighted by Crippen LogP contribution is -2.10. The summed E-state index contributed by atoms with van der Waals surface area (Å²) in [7, 11) is 1.20. The van der Waals surface area contributed by atoms with E-state index in [0.29, 0.717) is 5.56 Å². The lowest BCUT2D eigenvalue weighted by Gasteiger charge is -2.08. The van der Waals surface area contributed by atoms with Crippen LogP contribution in [0.1, 0.15) is 22.3 Å². The van der Waals surface area contributed by atoms with E-state index in [1.54, 1.807) is 12.1 Å². The Morgan fingerprint density at radius 2 is 1.69 bits per heavy atom. The fraction of sp³-hybridized carbons (Fsp3) is 0.100. The van der Waals surface area contributed by atoms with Crippen molar-refractivity contribution < 1.29 is 27.8 Å². The van der Waals surface area contributed by atoms with Crippen molar-refractivity contribution in [2.24, 2.45) is 0 Å². The Bertz CT molecular complexity index is 906. The molecule has 0 aliphatic carbocycles. The molecule has 2 aromatic carbocycles. The summed E-state index contributed by atoms with van der Waals surface area (Å²) in [6.07, 6.45) is 1.24. The van der Waals surface area contributed by atoms with Crippen LogP contribution in [0.5, 0.6) is 11.5 Å². The third kappa shape index (κ3) is 4.54. The van der Waals surface area contributed by atoms with Crippen LogP contribution in [-0.4, -0.2) is 18.9 Å². The second-order valence-corrected chi connectivity index (χ2v) is 5.01. The molecule has 0 heterocycles. The van der Waals surface area contributed by atoms with Gasteiger partial charge in [-0.1, -0.05) is 18.4 Å². The molecule has 0 unspecified atom stereocenters. The first-order chi connectivity index (χ1) is 12.5. The zero-order valence-electron chi connectivity index (χ0n) is 13.8. The van der Waals surface area contributed by atoms with Gasteiger partial charge >= 0.3 is 5.97 Å². The number of ether oxygens (including phenoxy) is 2. The van der Waals surface area contributed by atoms with Gasteiger partial charge in [0.1, 0.15) is 0 Å². The molecule has 0 amide bonds. The smallest absolute Gasteiger partial charge is 0.343 e. The topological polar surface area (TPSA) is 52.6 Å². The number of allylic oxidation sites excluding steroid dienone is 1. The molecule has 4 nitrogen and oxygen atoms in total. The Hall–Kier alpha value is -3.46. The van der Waals surface area contributed by atoms with E-state index in [9.17, 15) is 18.4 Å². The van der Waals surface area contributed by atoms with Crippen LogP contribution in [0.25, 0.3) is 0 Å². The van der Waals surface area contributed by atoms with Gasteiger partial charge in [-0.2, -0.15) is 8.78 Å². The number of methoxy groups -OCH3 is 1. The molecular weight excluding hydrogens is 342 g/mol. The summed E-state index contributed by atoms with van der Waals surface area (Å²) in [4.78, 5) is 23.1. The van der Waals surface area contributed by atoms with Crippen LogP contribution < -0.4 is 9.47 Å². The summed E-state index contributed by atoms with van der Waals surface area (Å²) in [5.74, 6) is 1.01. The highest BCUT2D eigenvalue weighted by atomic mass is 19.2. The van der Waals surface area contributed by atoms with Crippen LogP contribution in [0.2, 0.25) is 0 Å². The Balaban J connectivity index is 2.10. The summed E-state index contributed by atoms with van der Waals surface area (Å²) in [6, 6.07) is 8.22. The molecule has 0 spiro atoms. The van der Waals surface area contributed by atoms with Crippen LogP contribution in [0.4, 0.5) is 8.78 Å². The largest absolute Gasteiger partial charge is 0.494 e. The van der Waals surface area contributed by atoms with E-state index >= 15 is 0 Å². The number of benzene rings is 2. The van der Waals surface area contributed by atoms with Crippen LogP contribution >= 0.6 is 0 Å². The van der Waals surface area contributed by atoms with E-state index < -0.39 is 23.4 Å². The van der Waals surface area contributed by atoms with Crippen LogP contribution in [0, 0.1) is 23.5 Å². The molecule has 0 N–H and O–H groups in total. The summed E-state index contributed by atoms with van der Waals surface area (Å²) in [5, 5.41) is 0. The summed E-state index contributed by atoms with van der Waals surface area (Å²) >= 11 is 0. The van der Waals surface area contributed by atoms with E-state index in [-0.39, 0.29) is 23.5 Å². The van der Waals surface area contributed by atoms with Gasteiger partial charge in [0.25, 0.3) is 0 Å². The first kappa shape index (κ1) is 18.9. The molecule has 0 bridgehead atoms. The molecule has 0 aromatic heterocycles. The average molecular weight is 356 g/mol. The van der Waals surface area contributed by atoms with Crippen molar-refractivity contribution >= 4 is 11.8 Å². The van der Waals surface area contributed by atoms with Gasteiger partial charge in [-0.15, -0.1) is 0 Å². The molecular formula is C20H14F2O4. The Kier molecular flexibility index (Phi) is 6.23. The van der Waals surface area contributed by atoms with Gasteiger partial charge in [0, 0.05) is 5.56 Å². The number of hydrogen-bond donors (Lipinski definition) is 0. The zero-order valence-corrected chi connectivity index (χ0v) is 13.8. The van der Waals surface area contributed by atoms with Crippen LogP contribution in [0.3, 0.4) is 0 Å². The molecule has 0 saturated heterocycles. The second-order valence-electron chi connectivity index (χ2n) is 5.01. The minimum atomic E-state index is -1.31. The van der Waals surface area contributed by atoms with Gasteiger partial charge in [0.05, 0.1) is 19.1 Å². The van der Waals surface area contributed by atoms with Crippen molar-refractivity contribution in [3.63, 3.8) is 0 Å². The van der Waals surface area contributed by atoms with Gasteiger partial charge in [0.2, 0.25) is 11.6 Å². The van der Waals surface area contributed by atoms with Crippen molar-refractivity contribution in [3.8, 4) is 23.3 Å². The van der Waals surface area contributed by atoms with Crippen molar-refractivity contribution in [2.45, 2.75) is 6.42 Å². The fourth-order valence-corrected chi connectivity index (χ4v) is 1.90. The number of hydrogen-bond acceptors (Lipinski definition) is 4. The monoisotopic (exact) mass is 356 g/mol. The minimum absolute atomic E-state index is 0.0512. The van der Waals surface area contributed by atoms with Gasteiger partial charge in [0.15, 0.2) is 17.3 Å². The van der Waals surface area contributed by atoms with Gasteiger partial charge in [-0.05, 0) is 42.5 Å². The van der Waals surface area contributed by atoms with Crippen molar-refractivity contribution in [3.05, 3.63) is 71.8 Å². The van der Waals surface area contributed by atoms with Crippen LogP contribution in [0.15, 0.2) is 49.1 Å². The first-order valence-electron chi connectivity index (χ1n) is 7.44. The highest BCUT2D eigenvalue weighted by Gasteiger charge is 2.18. The lowest BCUT2D eigenvalue weighted by molar-refractivity contribution is -0.113. The van der Waals surface area contributed by atoms with Gasteiger partial charge in [-0.25, -0.2) is 4.79 Å². The Labute approximate surface area is 149 Å². The van der Waals surface area contributed by atoms with Crippen molar-refractivity contribution in [1.82, 2.24) is 0 Å². The van der Waals surface area contributed by atoms with Crippen molar-refractivity contribution in [2.75, 3.05) is 7.11 Å². The number of ketones is 1. The number of esters is 1. The summed E-state index contributed by atoms with van der Waals surface area (Å²) in [5.41, 5.74) is 0.716. The quantitative estimate of drug-likeness (QED) is 0.355. The van der Waals surface area contributed by atoms with E-state index in [0.717, 1.165) is 12.1 Å². The zero-order chi connectivity index (χ0) is 19.1. The highest BCUT2D eigenvalue weighted by Crippen LogP contribution is 2.27. The number of carbonyl (C=O) groups is 2. The predicted molar refractivity (Wildman–Crippen MR) is 91.0 cm³/mol. The van der Waals surface area contributed by atoms with Crippen molar-refractivity contribution in [1.29, 1.82) is 0 Å². The Morgan fingerprint density at radius 1 is 1.08 bits per heavy atom. The minimum Gasteiger partial charge on any atom is -0.494 e. The average Bonchev–Trinajstić information content (AvgIpc) is 2.66. The lowest BCUT2D eigenvalue weighted by atomic mass is 10.1. The molecule has 6 heteroatoms. The SMILES string of the molecule is C=CC(=O)CC#Cc1ccc(C(=O)Oc2ccc(OC)c(F)c2F)cc1. The molecule has 0 fully saturated rings. The van der Waals surface area contributed by atoms with E-state index in [2.05, 4.69) is 23.2 Å². The molecule has 0 aliphatic rings. The molecule has 132 valence electrons. The third-order valence-electron chi connectivity index (χ3n) is 3.28. The molecule has 2 aromatic rings. The fourth-order valence-electron chi connectivity index (χ4n) is 1.90. The molecule has 0 saturated carbocycles. The maximum absolute atomic E-state index is 13.8. The molecule has 0 aliphatic heterocycles. The molecule has 26 heavy (non-hydrogen) atoms. The number of halogens is 2. The van der Waals surface area contributed by atoms with Gasteiger partial charge < -0.3 is 9.47 Å².